The molecule has 1 heterocycles. The SMILES string of the molecule is CNCc1n[nH]c(=O)n1C1CC1. The Labute approximate surface area is 69.8 Å². The van der Waals surface area contributed by atoms with Gasteiger partial charge in [-0.2, -0.15) is 5.10 Å². The molecule has 0 bridgehead atoms. The van der Waals surface area contributed by atoms with Crippen molar-refractivity contribution in [2.24, 2.45) is 0 Å². The normalized spacial score (nSPS) is 16.8. The van der Waals surface area contributed by atoms with E-state index in [0.717, 1.165) is 18.7 Å². The first-order chi connectivity index (χ1) is 5.83. The molecule has 5 nitrogen and oxygen atoms in total. The summed E-state index contributed by atoms with van der Waals surface area (Å²) in [4.78, 5) is 11.2. The molecule has 1 fully saturated rings. The highest BCUT2D eigenvalue weighted by Crippen LogP contribution is 2.33. The van der Waals surface area contributed by atoms with Gasteiger partial charge < -0.3 is 5.32 Å². The van der Waals surface area contributed by atoms with Crippen molar-refractivity contribution in [3.63, 3.8) is 0 Å². The lowest BCUT2D eigenvalue weighted by atomic mass is 10.5. The van der Waals surface area contributed by atoms with Crippen LogP contribution in [0.2, 0.25) is 0 Å². The van der Waals surface area contributed by atoms with E-state index < -0.39 is 0 Å². The van der Waals surface area contributed by atoms with Crippen LogP contribution in [0.15, 0.2) is 4.79 Å². The Morgan fingerprint density at radius 2 is 2.50 bits per heavy atom. The molecule has 66 valence electrons. The van der Waals surface area contributed by atoms with E-state index in [0.29, 0.717) is 12.6 Å². The van der Waals surface area contributed by atoms with Crippen LogP contribution in [0.25, 0.3) is 0 Å². The van der Waals surface area contributed by atoms with Crippen LogP contribution in [0.1, 0.15) is 24.7 Å². The van der Waals surface area contributed by atoms with E-state index in [4.69, 9.17) is 0 Å². The minimum atomic E-state index is -0.0808. The van der Waals surface area contributed by atoms with Crippen molar-refractivity contribution in [2.75, 3.05) is 7.05 Å². The van der Waals surface area contributed by atoms with Crippen molar-refractivity contribution in [1.82, 2.24) is 20.1 Å². The summed E-state index contributed by atoms with van der Waals surface area (Å²) < 4.78 is 1.75. The van der Waals surface area contributed by atoms with E-state index in [1.807, 2.05) is 7.05 Å². The smallest absolute Gasteiger partial charge is 0.313 e. The third-order valence-corrected chi connectivity index (χ3v) is 2.02. The summed E-state index contributed by atoms with van der Waals surface area (Å²) in [6.07, 6.45) is 2.21. The third kappa shape index (κ3) is 1.16. The largest absolute Gasteiger partial charge is 0.343 e. The number of hydrogen-bond donors (Lipinski definition) is 2. The van der Waals surface area contributed by atoms with E-state index in [-0.39, 0.29) is 5.69 Å². The molecule has 0 unspecified atom stereocenters. The Kier molecular flexibility index (Phi) is 1.73. The molecule has 0 radical (unpaired) electrons. The number of rotatable bonds is 3. The van der Waals surface area contributed by atoms with Gasteiger partial charge in [0.1, 0.15) is 5.82 Å². The Hall–Kier alpha value is -1.10. The molecule has 0 atom stereocenters. The number of aromatic amines is 1. The molecule has 0 spiro atoms. The quantitative estimate of drug-likeness (QED) is 0.647. The molecular formula is C7H12N4O. The van der Waals surface area contributed by atoms with Crippen LogP contribution in [-0.2, 0) is 6.54 Å². The highest BCUT2D eigenvalue weighted by atomic mass is 16.1. The van der Waals surface area contributed by atoms with Gasteiger partial charge in [0.25, 0.3) is 0 Å². The Balaban J connectivity index is 2.33. The molecule has 1 aromatic heterocycles. The van der Waals surface area contributed by atoms with Gasteiger partial charge in [-0.15, -0.1) is 0 Å². The van der Waals surface area contributed by atoms with Gasteiger partial charge in [-0.1, -0.05) is 0 Å². The van der Waals surface area contributed by atoms with Crippen molar-refractivity contribution >= 4 is 0 Å². The Morgan fingerprint density at radius 1 is 1.75 bits per heavy atom. The fourth-order valence-electron chi connectivity index (χ4n) is 1.33. The number of nitrogens with one attached hydrogen (secondary N) is 2. The highest BCUT2D eigenvalue weighted by molar-refractivity contribution is 4.94. The highest BCUT2D eigenvalue weighted by Gasteiger charge is 2.27. The number of hydrogen-bond acceptors (Lipinski definition) is 3. The summed E-state index contributed by atoms with van der Waals surface area (Å²) in [5.41, 5.74) is -0.0808. The van der Waals surface area contributed by atoms with Crippen molar-refractivity contribution in [3.05, 3.63) is 16.3 Å². The van der Waals surface area contributed by atoms with E-state index >= 15 is 0 Å². The molecule has 12 heavy (non-hydrogen) atoms. The first kappa shape index (κ1) is 7.54. The topological polar surface area (TPSA) is 62.7 Å². The zero-order valence-electron chi connectivity index (χ0n) is 7.00. The van der Waals surface area contributed by atoms with Crippen LogP contribution in [-0.4, -0.2) is 21.8 Å². The molecule has 0 saturated heterocycles. The van der Waals surface area contributed by atoms with Crippen molar-refractivity contribution in [2.45, 2.75) is 25.4 Å². The fraction of sp³-hybridized carbons (Fsp3) is 0.714. The first-order valence-corrected chi connectivity index (χ1v) is 4.13. The standard InChI is InChI=1S/C7H12N4O/c1-8-4-6-9-10-7(12)11(6)5-2-3-5/h5,8H,2-4H2,1H3,(H,10,12). The van der Waals surface area contributed by atoms with Crippen LogP contribution in [0.3, 0.4) is 0 Å². The maximum absolute atomic E-state index is 11.2. The average Bonchev–Trinajstić information content (AvgIpc) is 2.80. The molecule has 1 aliphatic rings. The lowest BCUT2D eigenvalue weighted by molar-refractivity contribution is 0.631. The van der Waals surface area contributed by atoms with Crippen LogP contribution in [0.5, 0.6) is 0 Å². The third-order valence-electron chi connectivity index (χ3n) is 2.02. The molecule has 0 aromatic carbocycles. The maximum Gasteiger partial charge on any atom is 0.343 e. The molecule has 5 heteroatoms. The summed E-state index contributed by atoms with van der Waals surface area (Å²) in [7, 11) is 1.84. The van der Waals surface area contributed by atoms with Gasteiger partial charge in [-0.3, -0.25) is 4.57 Å². The lowest BCUT2D eigenvalue weighted by Gasteiger charge is -2.01. The molecule has 1 aromatic rings. The second kappa shape index (κ2) is 2.75. The second-order valence-corrected chi connectivity index (χ2v) is 3.08. The van der Waals surface area contributed by atoms with Gasteiger partial charge in [0.2, 0.25) is 0 Å². The summed E-state index contributed by atoms with van der Waals surface area (Å²) in [6, 6.07) is 0.402. The number of H-pyrrole nitrogens is 1. The van der Waals surface area contributed by atoms with Crippen molar-refractivity contribution in [1.29, 1.82) is 0 Å². The van der Waals surface area contributed by atoms with Gasteiger partial charge in [0, 0.05) is 6.04 Å². The van der Waals surface area contributed by atoms with Gasteiger partial charge in [-0.05, 0) is 19.9 Å². The fourth-order valence-corrected chi connectivity index (χ4v) is 1.33. The monoisotopic (exact) mass is 168 g/mol. The van der Waals surface area contributed by atoms with E-state index in [2.05, 4.69) is 15.5 Å². The predicted octanol–water partition coefficient (Wildman–Crippen LogP) is -0.374. The van der Waals surface area contributed by atoms with Crippen LogP contribution in [0, 0.1) is 0 Å². The lowest BCUT2D eigenvalue weighted by Crippen LogP contribution is -2.20. The Morgan fingerprint density at radius 3 is 3.08 bits per heavy atom. The summed E-state index contributed by atoms with van der Waals surface area (Å²) in [6.45, 7) is 0.648. The van der Waals surface area contributed by atoms with Crippen LogP contribution < -0.4 is 11.0 Å². The molecule has 0 amide bonds. The average molecular weight is 168 g/mol. The van der Waals surface area contributed by atoms with E-state index in [1.54, 1.807) is 4.57 Å². The second-order valence-electron chi connectivity index (χ2n) is 3.08. The van der Waals surface area contributed by atoms with Crippen LogP contribution >= 0.6 is 0 Å². The van der Waals surface area contributed by atoms with Gasteiger partial charge in [-0.25, -0.2) is 9.89 Å². The van der Waals surface area contributed by atoms with Gasteiger partial charge >= 0.3 is 5.69 Å². The predicted molar refractivity (Wildman–Crippen MR) is 43.9 cm³/mol. The van der Waals surface area contributed by atoms with Gasteiger partial charge in [0.15, 0.2) is 0 Å². The minimum Gasteiger partial charge on any atom is -0.313 e. The summed E-state index contributed by atoms with van der Waals surface area (Å²) in [5.74, 6) is 0.810. The molecule has 0 aliphatic heterocycles. The van der Waals surface area contributed by atoms with E-state index in [1.165, 1.54) is 0 Å². The Bertz CT molecular complexity index is 322. The zero-order valence-corrected chi connectivity index (χ0v) is 7.00. The summed E-state index contributed by atoms with van der Waals surface area (Å²) in [5, 5.41) is 9.37. The number of nitrogens with zero attached hydrogens (tertiary/aromatic N) is 2. The molecule has 2 rings (SSSR count). The van der Waals surface area contributed by atoms with Crippen molar-refractivity contribution in [3.8, 4) is 0 Å². The van der Waals surface area contributed by atoms with Gasteiger partial charge in [0.05, 0.1) is 6.54 Å². The van der Waals surface area contributed by atoms with Crippen LogP contribution in [0.4, 0.5) is 0 Å². The number of aromatic nitrogens is 3. The van der Waals surface area contributed by atoms with E-state index in [9.17, 15) is 4.79 Å². The maximum atomic E-state index is 11.2. The summed E-state index contributed by atoms with van der Waals surface area (Å²) >= 11 is 0. The molecule has 2 N–H and O–H groups in total. The minimum absolute atomic E-state index is 0.0808. The molecular weight excluding hydrogens is 156 g/mol. The van der Waals surface area contributed by atoms with Crippen molar-refractivity contribution < 1.29 is 0 Å². The molecule has 1 aliphatic carbocycles. The first-order valence-electron chi connectivity index (χ1n) is 4.13. The zero-order chi connectivity index (χ0) is 8.55. The molecule has 1 saturated carbocycles.